The van der Waals surface area contributed by atoms with Crippen LogP contribution in [0.3, 0.4) is 0 Å². The first-order valence-electron chi connectivity index (χ1n) is 8.33. The molecular formula is C22H15NOS2. The van der Waals surface area contributed by atoms with E-state index < -0.39 is 0 Å². The Kier molecular flexibility index (Phi) is 3.73. The molecule has 0 N–H and O–H groups in total. The first-order chi connectivity index (χ1) is 12.8. The van der Waals surface area contributed by atoms with E-state index >= 15 is 0 Å². The minimum atomic E-state index is 0.937. The van der Waals surface area contributed by atoms with Crippen molar-refractivity contribution in [1.29, 1.82) is 0 Å². The molecule has 0 saturated carbocycles. The second-order valence-electron chi connectivity index (χ2n) is 6.04. The van der Waals surface area contributed by atoms with Gasteiger partial charge < -0.3 is 4.74 Å². The second-order valence-corrected chi connectivity index (χ2v) is 7.93. The Hall–Kier alpha value is -2.69. The number of methoxy groups -OCH3 is 1. The number of benzene rings is 2. The zero-order chi connectivity index (χ0) is 17.5. The Bertz CT molecular complexity index is 1220. The fourth-order valence-electron chi connectivity index (χ4n) is 3.34. The molecule has 0 fully saturated rings. The maximum absolute atomic E-state index is 5.38. The molecule has 0 bridgehead atoms. The summed E-state index contributed by atoms with van der Waals surface area (Å²) in [5, 5.41) is 5.69. The van der Waals surface area contributed by atoms with Gasteiger partial charge in [-0.1, -0.05) is 42.5 Å². The van der Waals surface area contributed by atoms with Crippen molar-refractivity contribution in [3.63, 3.8) is 0 Å². The molecule has 0 atom stereocenters. The predicted molar refractivity (Wildman–Crippen MR) is 112 cm³/mol. The van der Waals surface area contributed by atoms with Crippen LogP contribution in [0, 0.1) is 0 Å². The number of aromatic nitrogens is 1. The number of ether oxygens (including phenoxy) is 1. The van der Waals surface area contributed by atoms with E-state index in [1.54, 1.807) is 18.4 Å². The van der Waals surface area contributed by atoms with Gasteiger partial charge in [0.2, 0.25) is 0 Å². The summed E-state index contributed by atoms with van der Waals surface area (Å²) in [6.45, 7) is 0. The van der Waals surface area contributed by atoms with Crippen molar-refractivity contribution in [1.82, 2.24) is 4.98 Å². The number of rotatable bonds is 3. The summed E-state index contributed by atoms with van der Waals surface area (Å²) in [6.07, 6.45) is 1.85. The molecule has 0 amide bonds. The van der Waals surface area contributed by atoms with Crippen molar-refractivity contribution >= 4 is 42.8 Å². The van der Waals surface area contributed by atoms with Crippen LogP contribution in [0.1, 0.15) is 0 Å². The first-order valence-corrected chi connectivity index (χ1v) is 10.0. The molecule has 2 aromatic carbocycles. The normalized spacial score (nSPS) is 11.3. The van der Waals surface area contributed by atoms with Gasteiger partial charge in [0.15, 0.2) is 5.06 Å². The van der Waals surface area contributed by atoms with E-state index in [1.165, 1.54) is 36.9 Å². The number of pyridine rings is 1. The molecule has 3 aromatic heterocycles. The van der Waals surface area contributed by atoms with Gasteiger partial charge in [0.1, 0.15) is 0 Å². The third kappa shape index (κ3) is 2.42. The van der Waals surface area contributed by atoms with E-state index in [2.05, 4.69) is 58.9 Å². The highest BCUT2D eigenvalue weighted by Crippen LogP contribution is 2.44. The lowest BCUT2D eigenvalue weighted by Gasteiger charge is -2.01. The largest absolute Gasteiger partial charge is 0.487 e. The van der Waals surface area contributed by atoms with E-state index in [9.17, 15) is 0 Å². The summed E-state index contributed by atoms with van der Waals surface area (Å²) in [4.78, 5) is 4.56. The lowest BCUT2D eigenvalue weighted by atomic mass is 10.0. The summed E-state index contributed by atoms with van der Waals surface area (Å²) in [5.74, 6) is 0. The maximum atomic E-state index is 5.38. The Labute approximate surface area is 159 Å². The van der Waals surface area contributed by atoms with E-state index in [1.807, 2.05) is 29.7 Å². The molecule has 26 heavy (non-hydrogen) atoms. The molecule has 5 rings (SSSR count). The molecule has 0 saturated heterocycles. The van der Waals surface area contributed by atoms with Gasteiger partial charge in [-0.25, -0.2) is 0 Å². The number of hydrogen-bond donors (Lipinski definition) is 0. The SMILES string of the molecule is COc1cc(-c2cccc3c2sc2c(-c4ccccn4)cccc23)cs1. The maximum Gasteiger partial charge on any atom is 0.173 e. The predicted octanol–water partition coefficient (Wildman–Crippen LogP) is 6.85. The van der Waals surface area contributed by atoms with Crippen LogP contribution in [0.15, 0.2) is 72.2 Å². The van der Waals surface area contributed by atoms with Crippen molar-refractivity contribution in [2.45, 2.75) is 0 Å². The van der Waals surface area contributed by atoms with Gasteiger partial charge >= 0.3 is 0 Å². The second kappa shape index (κ2) is 6.24. The highest BCUT2D eigenvalue weighted by Gasteiger charge is 2.14. The van der Waals surface area contributed by atoms with Gasteiger partial charge in [-0.05, 0) is 23.8 Å². The number of nitrogens with zero attached hydrogens (tertiary/aromatic N) is 1. The highest BCUT2D eigenvalue weighted by atomic mass is 32.1. The molecule has 2 nitrogen and oxygen atoms in total. The number of fused-ring (bicyclic) bond motifs is 3. The quantitative estimate of drug-likeness (QED) is 0.345. The summed E-state index contributed by atoms with van der Waals surface area (Å²) >= 11 is 3.48. The van der Waals surface area contributed by atoms with Gasteiger partial charge in [-0.2, -0.15) is 0 Å². The average Bonchev–Trinajstić information content (AvgIpc) is 3.33. The Balaban J connectivity index is 1.80. The molecule has 0 unspecified atom stereocenters. The first kappa shape index (κ1) is 15.6. The smallest absolute Gasteiger partial charge is 0.173 e. The zero-order valence-electron chi connectivity index (χ0n) is 14.1. The van der Waals surface area contributed by atoms with Crippen molar-refractivity contribution < 1.29 is 4.74 Å². The Morgan fingerprint density at radius 3 is 2.31 bits per heavy atom. The lowest BCUT2D eigenvalue weighted by Crippen LogP contribution is -1.81. The molecule has 4 heteroatoms. The standard InChI is InChI=1S/C22H15NOS2/c1-24-20-12-14(13-25-20)15-6-4-7-16-17-8-5-9-18(22(17)26-21(15)16)19-10-2-3-11-23-19/h2-13H,1H3. The zero-order valence-corrected chi connectivity index (χ0v) is 15.7. The lowest BCUT2D eigenvalue weighted by molar-refractivity contribution is 0.427. The van der Waals surface area contributed by atoms with E-state index in [-0.39, 0.29) is 0 Å². The summed E-state index contributed by atoms with van der Waals surface area (Å²) in [6, 6.07) is 21.2. The van der Waals surface area contributed by atoms with Gasteiger partial charge in [0.25, 0.3) is 0 Å². The van der Waals surface area contributed by atoms with E-state index in [0.717, 1.165) is 10.8 Å². The van der Waals surface area contributed by atoms with Crippen LogP contribution in [0.25, 0.3) is 42.6 Å². The van der Waals surface area contributed by atoms with Crippen molar-refractivity contribution in [2.75, 3.05) is 7.11 Å². The molecule has 0 radical (unpaired) electrons. The van der Waals surface area contributed by atoms with Crippen LogP contribution < -0.4 is 4.74 Å². The molecule has 5 aromatic rings. The number of hydrogen-bond acceptors (Lipinski definition) is 4. The molecule has 0 spiro atoms. The van der Waals surface area contributed by atoms with Crippen LogP contribution in [-0.4, -0.2) is 12.1 Å². The fraction of sp³-hybridized carbons (Fsp3) is 0.0455. The molecule has 126 valence electrons. The summed E-state index contributed by atoms with van der Waals surface area (Å²) in [5.41, 5.74) is 4.68. The van der Waals surface area contributed by atoms with Crippen LogP contribution >= 0.6 is 22.7 Å². The fourth-order valence-corrected chi connectivity index (χ4v) is 5.42. The molecule has 0 aliphatic rings. The molecule has 0 aliphatic carbocycles. The van der Waals surface area contributed by atoms with Gasteiger partial charge in [-0.3, -0.25) is 4.98 Å². The van der Waals surface area contributed by atoms with E-state index in [0.29, 0.717) is 0 Å². The molecule has 3 heterocycles. The minimum Gasteiger partial charge on any atom is -0.487 e. The van der Waals surface area contributed by atoms with Crippen molar-refractivity contribution in [3.05, 3.63) is 72.2 Å². The van der Waals surface area contributed by atoms with Crippen LogP contribution in [0.4, 0.5) is 0 Å². The van der Waals surface area contributed by atoms with Gasteiger partial charge in [0.05, 0.1) is 12.8 Å². The monoisotopic (exact) mass is 373 g/mol. The molecular weight excluding hydrogens is 358 g/mol. The number of thiophene rings is 2. The van der Waals surface area contributed by atoms with Gasteiger partial charge in [0, 0.05) is 42.9 Å². The summed E-state index contributed by atoms with van der Waals surface area (Å²) < 4.78 is 7.98. The van der Waals surface area contributed by atoms with Crippen molar-refractivity contribution in [3.8, 4) is 27.4 Å². The van der Waals surface area contributed by atoms with Crippen LogP contribution in [0.5, 0.6) is 5.06 Å². The highest BCUT2D eigenvalue weighted by molar-refractivity contribution is 7.27. The average molecular weight is 374 g/mol. The van der Waals surface area contributed by atoms with E-state index in [4.69, 9.17) is 4.74 Å². The summed E-state index contributed by atoms with van der Waals surface area (Å²) in [7, 11) is 1.72. The van der Waals surface area contributed by atoms with Crippen LogP contribution in [0.2, 0.25) is 0 Å². The Morgan fingerprint density at radius 2 is 1.62 bits per heavy atom. The van der Waals surface area contributed by atoms with Gasteiger partial charge in [-0.15, -0.1) is 22.7 Å². The third-order valence-electron chi connectivity index (χ3n) is 4.55. The minimum absolute atomic E-state index is 0.937. The van der Waals surface area contributed by atoms with Crippen LogP contribution in [-0.2, 0) is 0 Å². The Morgan fingerprint density at radius 1 is 0.846 bits per heavy atom. The molecule has 0 aliphatic heterocycles. The third-order valence-corrected chi connectivity index (χ3v) is 6.73. The van der Waals surface area contributed by atoms with Crippen molar-refractivity contribution in [2.24, 2.45) is 0 Å². The topological polar surface area (TPSA) is 22.1 Å².